The predicted molar refractivity (Wildman–Crippen MR) is 112 cm³/mol. The molecule has 0 bridgehead atoms. The van der Waals surface area contributed by atoms with Crippen LogP contribution in [0.5, 0.6) is 0 Å². The average molecular weight is 410 g/mol. The highest BCUT2D eigenvalue weighted by atomic mass is 16.5. The number of hydrogen-bond acceptors (Lipinski definition) is 6. The van der Waals surface area contributed by atoms with E-state index in [9.17, 15) is 14.7 Å². The van der Waals surface area contributed by atoms with Gasteiger partial charge in [-0.2, -0.15) is 0 Å². The van der Waals surface area contributed by atoms with Gasteiger partial charge in [-0.15, -0.1) is 5.10 Å². The van der Waals surface area contributed by atoms with Crippen LogP contribution in [0.25, 0.3) is 16.6 Å². The van der Waals surface area contributed by atoms with Gasteiger partial charge in [-0.05, 0) is 44.9 Å². The minimum absolute atomic E-state index is 0.0292. The smallest absolute Gasteiger partial charge is 0.343 e. The molecule has 1 saturated carbocycles. The Balaban J connectivity index is 1.76. The molecular formula is C22H26N4O4. The highest BCUT2D eigenvalue weighted by molar-refractivity contribution is 5.94. The number of ether oxygens (including phenoxy) is 1. The molecular weight excluding hydrogens is 384 g/mol. The van der Waals surface area contributed by atoms with Gasteiger partial charge in [-0.1, -0.05) is 24.5 Å². The maximum absolute atomic E-state index is 12.8. The summed E-state index contributed by atoms with van der Waals surface area (Å²) < 4.78 is 8.48. The van der Waals surface area contributed by atoms with Crippen molar-refractivity contribution in [2.24, 2.45) is 0 Å². The third-order valence-electron chi connectivity index (χ3n) is 5.82. The number of hydrogen-bond donors (Lipinski definition) is 1. The number of aryl methyl sites for hydroxylation is 1. The molecule has 2 aromatic heterocycles. The van der Waals surface area contributed by atoms with E-state index in [1.165, 1.54) is 0 Å². The summed E-state index contributed by atoms with van der Waals surface area (Å²) in [6.45, 7) is 4.44. The van der Waals surface area contributed by atoms with Crippen LogP contribution >= 0.6 is 0 Å². The van der Waals surface area contributed by atoms with Crippen LogP contribution in [0, 0.1) is 0 Å². The molecule has 158 valence electrons. The standard InChI is InChI=1S/C22H26N4O4/c1-3-25-13-17(21(28)30-4-2)20(27)16-9-8-15(12-18(16)25)26-14-19(23-24-26)22(29)10-6-5-7-11-22/h8-9,12-14,29H,3-7,10-11H2,1-2H3. The fourth-order valence-corrected chi connectivity index (χ4v) is 4.13. The lowest BCUT2D eigenvalue weighted by Crippen LogP contribution is -2.28. The van der Waals surface area contributed by atoms with Gasteiger partial charge in [-0.3, -0.25) is 4.79 Å². The fourth-order valence-electron chi connectivity index (χ4n) is 4.13. The highest BCUT2D eigenvalue weighted by Gasteiger charge is 2.34. The lowest BCUT2D eigenvalue weighted by Gasteiger charge is -2.29. The molecule has 0 saturated heterocycles. The van der Waals surface area contributed by atoms with Crippen LogP contribution in [-0.2, 0) is 16.9 Å². The Morgan fingerprint density at radius 2 is 1.97 bits per heavy atom. The second kappa shape index (κ2) is 8.02. The van der Waals surface area contributed by atoms with Gasteiger partial charge in [0.1, 0.15) is 16.9 Å². The van der Waals surface area contributed by atoms with Gasteiger partial charge in [0.25, 0.3) is 0 Å². The van der Waals surface area contributed by atoms with Gasteiger partial charge in [0, 0.05) is 18.1 Å². The van der Waals surface area contributed by atoms with Crippen molar-refractivity contribution in [3.63, 3.8) is 0 Å². The summed E-state index contributed by atoms with van der Waals surface area (Å²) >= 11 is 0. The lowest BCUT2D eigenvalue weighted by atomic mass is 9.83. The van der Waals surface area contributed by atoms with Gasteiger partial charge in [0.05, 0.1) is 24.0 Å². The van der Waals surface area contributed by atoms with Crippen LogP contribution in [-0.4, -0.2) is 37.2 Å². The second-order valence-electron chi connectivity index (χ2n) is 7.72. The summed E-state index contributed by atoms with van der Waals surface area (Å²) in [6.07, 6.45) is 7.77. The molecule has 0 spiro atoms. The van der Waals surface area contributed by atoms with Crippen LogP contribution in [0.1, 0.15) is 62.0 Å². The Morgan fingerprint density at radius 1 is 1.20 bits per heavy atom. The molecule has 1 fully saturated rings. The summed E-state index contributed by atoms with van der Waals surface area (Å²) in [5.41, 5.74) is 0.755. The molecule has 2 heterocycles. The summed E-state index contributed by atoms with van der Waals surface area (Å²) in [5, 5.41) is 19.8. The third-order valence-corrected chi connectivity index (χ3v) is 5.82. The zero-order valence-corrected chi connectivity index (χ0v) is 17.3. The molecule has 1 aromatic carbocycles. The SMILES string of the molecule is CCOC(=O)c1cn(CC)c2cc(-n3cc(C4(O)CCCCC4)nn3)ccc2c1=O. The number of esters is 1. The van der Waals surface area contributed by atoms with Crippen LogP contribution in [0.15, 0.2) is 35.4 Å². The predicted octanol–water partition coefficient (Wildman–Crippen LogP) is 2.93. The van der Waals surface area contributed by atoms with Crippen molar-refractivity contribution in [2.75, 3.05) is 6.61 Å². The number of rotatable bonds is 5. The molecule has 1 aliphatic carbocycles. The van der Waals surface area contributed by atoms with E-state index >= 15 is 0 Å². The minimum Gasteiger partial charge on any atom is -0.462 e. The first-order valence-corrected chi connectivity index (χ1v) is 10.5. The van der Waals surface area contributed by atoms with Gasteiger partial charge >= 0.3 is 5.97 Å². The number of aliphatic hydroxyl groups is 1. The number of benzene rings is 1. The molecule has 4 rings (SSSR count). The van der Waals surface area contributed by atoms with E-state index in [1.807, 2.05) is 17.6 Å². The van der Waals surface area contributed by atoms with E-state index in [1.54, 1.807) is 36.1 Å². The van der Waals surface area contributed by atoms with E-state index in [0.29, 0.717) is 36.0 Å². The Morgan fingerprint density at radius 3 is 2.67 bits per heavy atom. The first-order valence-electron chi connectivity index (χ1n) is 10.5. The number of fused-ring (bicyclic) bond motifs is 1. The van der Waals surface area contributed by atoms with E-state index in [-0.39, 0.29) is 17.6 Å². The average Bonchev–Trinajstić information content (AvgIpc) is 3.26. The van der Waals surface area contributed by atoms with Crippen LogP contribution in [0.3, 0.4) is 0 Å². The molecule has 0 radical (unpaired) electrons. The van der Waals surface area contributed by atoms with Gasteiger partial charge in [0.2, 0.25) is 5.43 Å². The second-order valence-corrected chi connectivity index (χ2v) is 7.72. The normalized spacial score (nSPS) is 16.0. The Bertz CT molecular complexity index is 1140. The molecule has 0 amide bonds. The summed E-state index contributed by atoms with van der Waals surface area (Å²) in [6, 6.07) is 5.30. The van der Waals surface area contributed by atoms with Gasteiger partial charge in [0.15, 0.2) is 0 Å². The van der Waals surface area contributed by atoms with Crippen molar-refractivity contribution >= 4 is 16.9 Å². The highest BCUT2D eigenvalue weighted by Crippen LogP contribution is 2.35. The molecule has 3 aromatic rings. The van der Waals surface area contributed by atoms with Crippen LogP contribution < -0.4 is 5.43 Å². The maximum atomic E-state index is 12.8. The number of carbonyl (C=O) groups excluding carboxylic acids is 1. The summed E-state index contributed by atoms with van der Waals surface area (Å²) in [7, 11) is 0. The van der Waals surface area contributed by atoms with Crippen molar-refractivity contribution < 1.29 is 14.6 Å². The summed E-state index contributed by atoms with van der Waals surface area (Å²) in [5.74, 6) is -0.614. The Labute approximate surface area is 174 Å². The van der Waals surface area contributed by atoms with Crippen LogP contribution in [0.2, 0.25) is 0 Å². The van der Waals surface area contributed by atoms with E-state index in [0.717, 1.165) is 24.9 Å². The van der Waals surface area contributed by atoms with Crippen LogP contribution in [0.4, 0.5) is 0 Å². The first-order chi connectivity index (χ1) is 14.5. The third kappa shape index (κ3) is 3.52. The first kappa shape index (κ1) is 20.3. The summed E-state index contributed by atoms with van der Waals surface area (Å²) in [4.78, 5) is 25.0. The largest absolute Gasteiger partial charge is 0.462 e. The topological polar surface area (TPSA) is 99.2 Å². The molecule has 1 N–H and O–H groups in total. The zero-order valence-electron chi connectivity index (χ0n) is 17.3. The van der Waals surface area contributed by atoms with Gasteiger partial charge in [-0.25, -0.2) is 9.48 Å². The molecule has 0 aliphatic heterocycles. The molecule has 0 unspecified atom stereocenters. The molecule has 0 atom stereocenters. The lowest BCUT2D eigenvalue weighted by molar-refractivity contribution is -0.00472. The Hall–Kier alpha value is -3.00. The molecule has 8 nitrogen and oxygen atoms in total. The van der Waals surface area contributed by atoms with Crippen molar-refractivity contribution in [1.82, 2.24) is 19.6 Å². The quantitative estimate of drug-likeness (QED) is 0.649. The monoisotopic (exact) mass is 410 g/mol. The molecule has 8 heteroatoms. The van der Waals surface area contributed by atoms with Gasteiger partial charge < -0.3 is 14.4 Å². The van der Waals surface area contributed by atoms with E-state index in [4.69, 9.17) is 4.74 Å². The number of nitrogens with zero attached hydrogens (tertiary/aromatic N) is 4. The molecule has 1 aliphatic rings. The number of carbonyl (C=O) groups is 1. The van der Waals surface area contributed by atoms with Crippen molar-refractivity contribution in [2.45, 2.75) is 58.1 Å². The number of aromatic nitrogens is 4. The fraction of sp³-hybridized carbons (Fsp3) is 0.455. The Kier molecular flexibility index (Phi) is 5.42. The van der Waals surface area contributed by atoms with Crippen molar-refractivity contribution in [3.05, 3.63) is 52.1 Å². The van der Waals surface area contributed by atoms with Crippen molar-refractivity contribution in [3.8, 4) is 5.69 Å². The minimum atomic E-state index is -0.923. The van der Waals surface area contributed by atoms with Crippen molar-refractivity contribution in [1.29, 1.82) is 0 Å². The zero-order chi connectivity index (χ0) is 21.3. The molecule has 30 heavy (non-hydrogen) atoms. The number of pyridine rings is 1. The van der Waals surface area contributed by atoms with E-state index in [2.05, 4.69) is 10.3 Å². The maximum Gasteiger partial charge on any atom is 0.343 e. The van der Waals surface area contributed by atoms with E-state index < -0.39 is 11.6 Å².